The molecule has 19 heavy (non-hydrogen) atoms. The molecule has 0 radical (unpaired) electrons. The summed E-state index contributed by atoms with van der Waals surface area (Å²) in [5.41, 5.74) is 0. The van der Waals surface area contributed by atoms with Crippen molar-refractivity contribution in [1.29, 1.82) is 0 Å². The molecule has 0 aromatic rings. The van der Waals surface area contributed by atoms with Crippen LogP contribution in [0, 0.1) is 5.92 Å². The molecule has 0 saturated heterocycles. The van der Waals surface area contributed by atoms with Gasteiger partial charge in [0.25, 0.3) is 0 Å². The van der Waals surface area contributed by atoms with Gasteiger partial charge in [0.1, 0.15) is 9.84 Å². The van der Waals surface area contributed by atoms with Gasteiger partial charge in [-0.3, -0.25) is 4.99 Å². The zero-order valence-corrected chi connectivity index (χ0v) is 13.2. The predicted molar refractivity (Wildman–Crippen MR) is 79.3 cm³/mol. The third-order valence-corrected chi connectivity index (χ3v) is 3.14. The molecule has 2 N–H and O–H groups in total. The zero-order chi connectivity index (χ0) is 14.7. The van der Waals surface area contributed by atoms with E-state index in [1.165, 1.54) is 6.26 Å². The fourth-order valence-electron chi connectivity index (χ4n) is 1.28. The summed E-state index contributed by atoms with van der Waals surface area (Å²) in [7, 11) is -1.28. The maximum atomic E-state index is 11.0. The minimum atomic E-state index is -2.93. The number of nitrogens with zero attached hydrogens (tertiary/aromatic N) is 1. The minimum absolute atomic E-state index is 0.102. The van der Waals surface area contributed by atoms with E-state index in [1.807, 2.05) is 0 Å². The number of nitrogens with one attached hydrogen (secondary N) is 2. The molecular formula is C12H27N3O3S. The smallest absolute Gasteiger partial charge is 0.191 e. The van der Waals surface area contributed by atoms with Gasteiger partial charge in [0.15, 0.2) is 5.96 Å². The Morgan fingerprint density at radius 2 is 1.89 bits per heavy atom. The fraction of sp³-hybridized carbons (Fsp3) is 0.917. The second-order valence-corrected chi connectivity index (χ2v) is 7.14. The first kappa shape index (κ1) is 18.2. The van der Waals surface area contributed by atoms with Crippen LogP contribution in [0.4, 0.5) is 0 Å². The lowest BCUT2D eigenvalue weighted by Gasteiger charge is -2.12. The second-order valence-electron chi connectivity index (χ2n) is 4.88. The maximum Gasteiger partial charge on any atom is 0.191 e. The third kappa shape index (κ3) is 13.4. The van der Waals surface area contributed by atoms with Crippen LogP contribution in [0.5, 0.6) is 0 Å². The van der Waals surface area contributed by atoms with Crippen LogP contribution in [0.25, 0.3) is 0 Å². The molecule has 0 spiro atoms. The zero-order valence-electron chi connectivity index (χ0n) is 12.4. The van der Waals surface area contributed by atoms with E-state index in [0.717, 1.165) is 19.6 Å². The van der Waals surface area contributed by atoms with E-state index in [2.05, 4.69) is 29.5 Å². The quantitative estimate of drug-likeness (QED) is 0.362. The van der Waals surface area contributed by atoms with Crippen LogP contribution >= 0.6 is 0 Å². The van der Waals surface area contributed by atoms with E-state index in [9.17, 15) is 8.42 Å². The molecule has 0 fully saturated rings. The Balaban J connectivity index is 3.61. The van der Waals surface area contributed by atoms with Crippen molar-refractivity contribution in [3.8, 4) is 0 Å². The fourth-order valence-corrected chi connectivity index (χ4v) is 1.75. The Labute approximate surface area is 116 Å². The van der Waals surface area contributed by atoms with Gasteiger partial charge in [0, 0.05) is 39.6 Å². The summed E-state index contributed by atoms with van der Waals surface area (Å²) in [6.07, 6.45) is 2.11. The highest BCUT2D eigenvalue weighted by atomic mass is 32.2. The van der Waals surface area contributed by atoms with Crippen LogP contribution in [-0.2, 0) is 14.6 Å². The third-order valence-electron chi connectivity index (χ3n) is 2.20. The van der Waals surface area contributed by atoms with Crippen LogP contribution < -0.4 is 10.6 Å². The van der Waals surface area contributed by atoms with Gasteiger partial charge in [-0.25, -0.2) is 8.42 Å². The van der Waals surface area contributed by atoms with Crippen molar-refractivity contribution in [2.24, 2.45) is 10.9 Å². The second kappa shape index (κ2) is 10.0. The monoisotopic (exact) mass is 293 g/mol. The molecule has 0 saturated carbocycles. The van der Waals surface area contributed by atoms with Gasteiger partial charge >= 0.3 is 0 Å². The minimum Gasteiger partial charge on any atom is -0.381 e. The molecule has 0 heterocycles. The molecule has 0 aromatic carbocycles. The van der Waals surface area contributed by atoms with Crippen molar-refractivity contribution in [3.63, 3.8) is 0 Å². The molecule has 7 heteroatoms. The van der Waals surface area contributed by atoms with Crippen molar-refractivity contribution < 1.29 is 13.2 Å². The van der Waals surface area contributed by atoms with Crippen molar-refractivity contribution in [3.05, 3.63) is 0 Å². The number of ether oxygens (including phenoxy) is 1. The Morgan fingerprint density at radius 3 is 2.42 bits per heavy atom. The summed E-state index contributed by atoms with van der Waals surface area (Å²) < 4.78 is 27.4. The summed E-state index contributed by atoms with van der Waals surface area (Å²) >= 11 is 0. The van der Waals surface area contributed by atoms with E-state index < -0.39 is 9.84 Å². The average Bonchev–Trinajstić information content (AvgIpc) is 2.29. The van der Waals surface area contributed by atoms with E-state index in [-0.39, 0.29) is 5.75 Å². The van der Waals surface area contributed by atoms with Crippen LogP contribution in [0.3, 0.4) is 0 Å². The lowest BCUT2D eigenvalue weighted by molar-refractivity contribution is 0.108. The van der Waals surface area contributed by atoms with Crippen LogP contribution in [0.1, 0.15) is 20.3 Å². The average molecular weight is 293 g/mol. The number of guanidine groups is 1. The number of hydrogen-bond donors (Lipinski definition) is 2. The van der Waals surface area contributed by atoms with Crippen molar-refractivity contribution in [2.45, 2.75) is 20.3 Å². The topological polar surface area (TPSA) is 79.8 Å². The van der Waals surface area contributed by atoms with Gasteiger partial charge in [-0.15, -0.1) is 0 Å². The highest BCUT2D eigenvalue weighted by Crippen LogP contribution is 1.92. The molecule has 0 aromatic heterocycles. The molecule has 0 aliphatic rings. The molecule has 114 valence electrons. The molecule has 0 amide bonds. The first-order valence-corrected chi connectivity index (χ1v) is 8.61. The highest BCUT2D eigenvalue weighted by Gasteiger charge is 2.02. The lowest BCUT2D eigenvalue weighted by Crippen LogP contribution is -2.40. The molecule has 0 bridgehead atoms. The Morgan fingerprint density at radius 1 is 1.26 bits per heavy atom. The van der Waals surface area contributed by atoms with E-state index in [0.29, 0.717) is 25.0 Å². The number of sulfone groups is 1. The van der Waals surface area contributed by atoms with Crippen molar-refractivity contribution >= 4 is 15.8 Å². The van der Waals surface area contributed by atoms with E-state index in [1.54, 1.807) is 7.05 Å². The van der Waals surface area contributed by atoms with Gasteiger partial charge in [-0.05, 0) is 12.3 Å². The summed E-state index contributed by atoms with van der Waals surface area (Å²) in [4.78, 5) is 4.01. The molecule has 0 aliphatic carbocycles. The summed E-state index contributed by atoms with van der Waals surface area (Å²) in [5.74, 6) is 1.27. The van der Waals surface area contributed by atoms with Gasteiger partial charge in [-0.1, -0.05) is 13.8 Å². The summed E-state index contributed by atoms with van der Waals surface area (Å²) in [5, 5.41) is 6.06. The molecule has 0 atom stereocenters. The van der Waals surface area contributed by atoms with E-state index in [4.69, 9.17) is 4.74 Å². The highest BCUT2D eigenvalue weighted by molar-refractivity contribution is 7.90. The van der Waals surface area contributed by atoms with Crippen molar-refractivity contribution in [2.75, 3.05) is 45.4 Å². The largest absolute Gasteiger partial charge is 0.381 e. The standard InChI is InChI=1S/C12H27N3O3S/c1-11(2)10-18-8-5-6-14-12(13-3)15-7-9-19(4,16)17/h11H,5-10H2,1-4H3,(H2,13,14,15). The van der Waals surface area contributed by atoms with Gasteiger partial charge in [-0.2, -0.15) is 0 Å². The van der Waals surface area contributed by atoms with Gasteiger partial charge < -0.3 is 15.4 Å². The molecular weight excluding hydrogens is 266 g/mol. The SMILES string of the molecule is CN=C(NCCCOCC(C)C)NCCS(C)(=O)=O. The molecule has 6 nitrogen and oxygen atoms in total. The van der Waals surface area contributed by atoms with E-state index >= 15 is 0 Å². The Hall–Kier alpha value is -0.820. The first-order chi connectivity index (χ1) is 8.85. The Bertz CT molecular complexity index is 353. The van der Waals surface area contributed by atoms with Crippen LogP contribution in [0.2, 0.25) is 0 Å². The van der Waals surface area contributed by atoms with Crippen LogP contribution in [-0.4, -0.2) is 59.7 Å². The number of hydrogen-bond acceptors (Lipinski definition) is 4. The number of aliphatic imine (C=N–C) groups is 1. The summed E-state index contributed by atoms with van der Waals surface area (Å²) in [6.45, 7) is 6.84. The molecule has 0 rings (SSSR count). The molecule has 0 aliphatic heterocycles. The normalized spacial score (nSPS) is 12.8. The van der Waals surface area contributed by atoms with Crippen molar-refractivity contribution in [1.82, 2.24) is 10.6 Å². The lowest BCUT2D eigenvalue weighted by atomic mass is 10.2. The summed E-state index contributed by atoms with van der Waals surface area (Å²) in [6, 6.07) is 0. The van der Waals surface area contributed by atoms with Gasteiger partial charge in [0.2, 0.25) is 0 Å². The maximum absolute atomic E-state index is 11.0. The van der Waals surface area contributed by atoms with Gasteiger partial charge in [0.05, 0.1) is 5.75 Å². The molecule has 0 unspecified atom stereocenters. The number of rotatable bonds is 9. The van der Waals surface area contributed by atoms with Crippen LogP contribution in [0.15, 0.2) is 4.99 Å². The first-order valence-electron chi connectivity index (χ1n) is 6.55. The predicted octanol–water partition coefficient (Wildman–Crippen LogP) is 0.259. The Kier molecular flexibility index (Phi) is 9.59.